The van der Waals surface area contributed by atoms with Gasteiger partial charge in [-0.3, -0.25) is 0 Å². The number of aromatic nitrogens is 2. The van der Waals surface area contributed by atoms with Crippen molar-refractivity contribution in [3.05, 3.63) is 47.4 Å². The highest BCUT2D eigenvalue weighted by Gasteiger charge is 2.11. The van der Waals surface area contributed by atoms with Gasteiger partial charge in [-0.1, -0.05) is 0 Å². The number of nitrogens with zero attached hydrogens (tertiary/aromatic N) is 3. The van der Waals surface area contributed by atoms with Gasteiger partial charge < -0.3 is 10.4 Å². The molecular weight excluding hydrogens is 251 g/mol. The molecule has 0 atom stereocenters. The average Bonchev–Trinajstić information content (AvgIpc) is 2.39. The Morgan fingerprint density at radius 2 is 2.21 bits per heavy atom. The van der Waals surface area contributed by atoms with E-state index in [1.807, 2.05) is 6.07 Å². The average molecular weight is 258 g/mol. The zero-order chi connectivity index (χ0) is 13.8. The number of hydrogen-bond donors (Lipinski definition) is 2. The number of halogens is 1. The Morgan fingerprint density at radius 3 is 2.84 bits per heavy atom. The van der Waals surface area contributed by atoms with Crippen LogP contribution in [0, 0.1) is 17.1 Å². The minimum atomic E-state index is -1.35. The second-order valence-corrected chi connectivity index (χ2v) is 3.53. The third kappa shape index (κ3) is 2.63. The van der Waals surface area contributed by atoms with E-state index in [0.717, 1.165) is 12.1 Å². The van der Waals surface area contributed by atoms with Gasteiger partial charge in [0.05, 0.1) is 17.3 Å². The summed E-state index contributed by atoms with van der Waals surface area (Å²) in [5.74, 6) is -2.05. The van der Waals surface area contributed by atoms with Gasteiger partial charge in [0, 0.05) is 5.69 Å². The molecule has 1 aromatic carbocycles. The van der Waals surface area contributed by atoms with E-state index in [1.54, 1.807) is 0 Å². The highest BCUT2D eigenvalue weighted by atomic mass is 19.1. The first-order chi connectivity index (χ1) is 9.11. The second-order valence-electron chi connectivity index (χ2n) is 3.53. The van der Waals surface area contributed by atoms with Crippen molar-refractivity contribution in [2.45, 2.75) is 0 Å². The summed E-state index contributed by atoms with van der Waals surface area (Å²) < 4.78 is 13.5. The first-order valence-corrected chi connectivity index (χ1v) is 5.13. The summed E-state index contributed by atoms with van der Waals surface area (Å²) in [6.07, 6.45) is 1.36. The quantitative estimate of drug-likeness (QED) is 0.872. The third-order valence-electron chi connectivity index (χ3n) is 2.30. The van der Waals surface area contributed by atoms with Crippen molar-refractivity contribution in [3.63, 3.8) is 0 Å². The van der Waals surface area contributed by atoms with Crippen LogP contribution in [0.3, 0.4) is 0 Å². The Bertz CT molecular complexity index is 682. The highest BCUT2D eigenvalue weighted by Crippen LogP contribution is 2.19. The van der Waals surface area contributed by atoms with Gasteiger partial charge in [-0.15, -0.1) is 5.10 Å². The van der Waals surface area contributed by atoms with Crippen LogP contribution in [0.2, 0.25) is 0 Å². The Hall–Kier alpha value is -3.01. The first-order valence-electron chi connectivity index (χ1n) is 5.13. The molecule has 0 bridgehead atoms. The summed E-state index contributed by atoms with van der Waals surface area (Å²) in [5, 5.41) is 27.6. The Balaban J connectivity index is 2.32. The molecule has 19 heavy (non-hydrogen) atoms. The molecule has 1 heterocycles. The van der Waals surface area contributed by atoms with E-state index >= 15 is 0 Å². The van der Waals surface area contributed by atoms with Gasteiger partial charge in [0.15, 0.2) is 5.82 Å². The standard InChI is InChI=1S/C12H7FN4O2/c13-10-5-8(1-2-9(10)12(18)19)16-11-7(6-14)3-4-15-17-11/h1-5H,(H,16,17)(H,18,19). The second kappa shape index (κ2) is 5.10. The largest absolute Gasteiger partial charge is 0.478 e. The maximum absolute atomic E-state index is 13.5. The molecule has 2 N–H and O–H groups in total. The summed E-state index contributed by atoms with van der Waals surface area (Å²) in [6, 6.07) is 6.88. The fourth-order valence-corrected chi connectivity index (χ4v) is 1.42. The molecule has 94 valence electrons. The lowest BCUT2D eigenvalue weighted by molar-refractivity contribution is 0.0692. The van der Waals surface area contributed by atoms with Gasteiger partial charge in [-0.25, -0.2) is 9.18 Å². The molecule has 7 heteroatoms. The normalized spacial score (nSPS) is 9.68. The van der Waals surface area contributed by atoms with Crippen LogP contribution in [0.15, 0.2) is 30.5 Å². The number of hydrogen-bond acceptors (Lipinski definition) is 5. The van der Waals surface area contributed by atoms with Gasteiger partial charge in [-0.2, -0.15) is 10.4 Å². The molecule has 0 radical (unpaired) electrons. The summed E-state index contributed by atoms with van der Waals surface area (Å²) in [5.41, 5.74) is 0.0995. The maximum atomic E-state index is 13.5. The minimum Gasteiger partial charge on any atom is -0.478 e. The predicted molar refractivity (Wildman–Crippen MR) is 63.4 cm³/mol. The molecule has 0 fully saturated rings. The highest BCUT2D eigenvalue weighted by molar-refractivity contribution is 5.88. The SMILES string of the molecule is N#Cc1ccnnc1Nc1ccc(C(=O)O)c(F)c1. The molecule has 0 aliphatic carbocycles. The van der Waals surface area contributed by atoms with Crippen molar-refractivity contribution in [2.75, 3.05) is 5.32 Å². The van der Waals surface area contributed by atoms with Crippen LogP contribution in [-0.4, -0.2) is 21.3 Å². The van der Waals surface area contributed by atoms with Crippen LogP contribution >= 0.6 is 0 Å². The molecule has 0 aliphatic rings. The number of aromatic carboxylic acids is 1. The smallest absolute Gasteiger partial charge is 0.338 e. The number of carbonyl (C=O) groups is 1. The molecule has 0 unspecified atom stereocenters. The summed E-state index contributed by atoms with van der Waals surface area (Å²) >= 11 is 0. The number of nitriles is 1. The van der Waals surface area contributed by atoms with Crippen molar-refractivity contribution in [1.29, 1.82) is 5.26 Å². The van der Waals surface area contributed by atoms with Gasteiger partial charge in [0.1, 0.15) is 11.9 Å². The van der Waals surface area contributed by atoms with Crippen molar-refractivity contribution >= 4 is 17.5 Å². The predicted octanol–water partition coefficient (Wildman–Crippen LogP) is 1.93. The van der Waals surface area contributed by atoms with Gasteiger partial charge in [0.2, 0.25) is 0 Å². The van der Waals surface area contributed by atoms with E-state index < -0.39 is 17.3 Å². The van der Waals surface area contributed by atoms with E-state index in [1.165, 1.54) is 18.3 Å². The van der Waals surface area contributed by atoms with E-state index in [9.17, 15) is 9.18 Å². The topological polar surface area (TPSA) is 98.9 Å². The Kier molecular flexibility index (Phi) is 3.34. The zero-order valence-corrected chi connectivity index (χ0v) is 9.46. The molecule has 0 saturated carbocycles. The number of rotatable bonds is 3. The molecule has 6 nitrogen and oxygen atoms in total. The van der Waals surface area contributed by atoms with Crippen molar-refractivity contribution < 1.29 is 14.3 Å². The molecule has 1 aromatic heterocycles. The number of carboxylic acid groups (broad SMARTS) is 1. The lowest BCUT2D eigenvalue weighted by atomic mass is 10.2. The number of anilines is 2. The van der Waals surface area contributed by atoms with Crippen LogP contribution in [0.1, 0.15) is 15.9 Å². The van der Waals surface area contributed by atoms with Crippen molar-refractivity contribution in [3.8, 4) is 6.07 Å². The van der Waals surface area contributed by atoms with Crippen LogP contribution < -0.4 is 5.32 Å². The lowest BCUT2D eigenvalue weighted by Gasteiger charge is -2.07. The lowest BCUT2D eigenvalue weighted by Crippen LogP contribution is -2.03. The maximum Gasteiger partial charge on any atom is 0.338 e. The number of carboxylic acids is 1. The van der Waals surface area contributed by atoms with Gasteiger partial charge in [-0.05, 0) is 24.3 Å². The molecule has 0 spiro atoms. The van der Waals surface area contributed by atoms with Crippen LogP contribution in [0.4, 0.5) is 15.9 Å². The van der Waals surface area contributed by atoms with Gasteiger partial charge in [0.25, 0.3) is 0 Å². The van der Waals surface area contributed by atoms with Crippen LogP contribution in [0.5, 0.6) is 0 Å². The van der Waals surface area contributed by atoms with Crippen molar-refractivity contribution in [1.82, 2.24) is 10.2 Å². The third-order valence-corrected chi connectivity index (χ3v) is 2.30. The molecule has 2 aromatic rings. The van der Waals surface area contributed by atoms with Crippen LogP contribution in [-0.2, 0) is 0 Å². The van der Waals surface area contributed by atoms with Crippen LogP contribution in [0.25, 0.3) is 0 Å². The number of nitrogens with one attached hydrogen (secondary N) is 1. The molecule has 0 amide bonds. The fraction of sp³-hybridized carbons (Fsp3) is 0. The monoisotopic (exact) mass is 258 g/mol. The fourth-order valence-electron chi connectivity index (χ4n) is 1.42. The van der Waals surface area contributed by atoms with E-state index in [4.69, 9.17) is 10.4 Å². The Morgan fingerprint density at radius 1 is 1.42 bits per heavy atom. The molecular formula is C12H7FN4O2. The summed E-state index contributed by atoms with van der Waals surface area (Å²) in [6.45, 7) is 0. The van der Waals surface area contributed by atoms with E-state index in [0.29, 0.717) is 0 Å². The Labute approximate surface area is 107 Å². The molecule has 2 rings (SSSR count). The summed E-state index contributed by atoms with van der Waals surface area (Å²) in [7, 11) is 0. The van der Waals surface area contributed by atoms with E-state index in [-0.39, 0.29) is 17.1 Å². The van der Waals surface area contributed by atoms with Crippen molar-refractivity contribution in [2.24, 2.45) is 0 Å². The summed E-state index contributed by atoms with van der Waals surface area (Å²) in [4.78, 5) is 10.7. The molecule has 0 saturated heterocycles. The van der Waals surface area contributed by atoms with E-state index in [2.05, 4.69) is 15.5 Å². The number of benzene rings is 1. The zero-order valence-electron chi connectivity index (χ0n) is 9.46. The molecule has 0 aliphatic heterocycles. The minimum absolute atomic E-state index is 0.174. The van der Waals surface area contributed by atoms with Gasteiger partial charge >= 0.3 is 5.97 Å². The first kappa shape index (κ1) is 12.4.